The van der Waals surface area contributed by atoms with Crippen molar-refractivity contribution in [1.29, 1.82) is 0 Å². The van der Waals surface area contributed by atoms with Gasteiger partial charge in [-0.15, -0.1) is 0 Å². The normalized spacial score (nSPS) is 20.0. The molecule has 0 saturated heterocycles. The van der Waals surface area contributed by atoms with E-state index in [1.807, 2.05) is 0 Å². The van der Waals surface area contributed by atoms with Crippen LogP contribution in [-0.2, 0) is 0 Å². The Hall–Kier alpha value is -0.640. The van der Waals surface area contributed by atoms with Crippen LogP contribution in [0.15, 0.2) is 12.1 Å². The lowest BCUT2D eigenvalue weighted by molar-refractivity contribution is 0.0795. The second kappa shape index (κ2) is 5.04. The Morgan fingerprint density at radius 3 is 2.26 bits per heavy atom. The molecule has 1 aliphatic heterocycles. The van der Waals surface area contributed by atoms with Gasteiger partial charge in [-0.25, -0.2) is 0 Å². The molecule has 19 heavy (non-hydrogen) atoms. The summed E-state index contributed by atoms with van der Waals surface area (Å²) < 4.78 is 0. The van der Waals surface area contributed by atoms with E-state index in [9.17, 15) is 4.79 Å². The number of rotatable bonds is 1. The maximum absolute atomic E-state index is 12.5. The Morgan fingerprint density at radius 1 is 1.05 bits per heavy atom. The molecule has 0 aromatic heterocycles. The van der Waals surface area contributed by atoms with Gasteiger partial charge in [0.2, 0.25) is 0 Å². The zero-order valence-electron chi connectivity index (χ0n) is 10.3. The molecule has 1 saturated carbocycles. The van der Waals surface area contributed by atoms with Gasteiger partial charge in [0.25, 0.3) is 5.91 Å². The van der Waals surface area contributed by atoms with Crippen molar-refractivity contribution in [1.82, 2.24) is 4.90 Å². The summed E-state index contributed by atoms with van der Waals surface area (Å²) in [5, 5.41) is 0.850. The van der Waals surface area contributed by atoms with Crippen LogP contribution in [0.25, 0.3) is 0 Å². The van der Waals surface area contributed by atoms with E-state index in [1.165, 1.54) is 6.42 Å². The highest BCUT2D eigenvalue weighted by atomic mass is 35.5. The molecule has 1 aromatic rings. The monoisotopic (exact) mass is 313 g/mol. The van der Waals surface area contributed by atoms with Gasteiger partial charge in [-0.1, -0.05) is 54.7 Å². The van der Waals surface area contributed by atoms with E-state index in [2.05, 4.69) is 0 Å². The Bertz CT molecular complexity index is 526. The Labute approximate surface area is 127 Å². The quantitative estimate of drug-likeness (QED) is 0.713. The first-order chi connectivity index (χ1) is 9.09. The van der Waals surface area contributed by atoms with Crippen LogP contribution in [0.1, 0.15) is 48.0 Å². The summed E-state index contributed by atoms with van der Waals surface area (Å²) in [7, 11) is 0. The van der Waals surface area contributed by atoms with Crippen LogP contribution in [0.2, 0.25) is 10.0 Å². The van der Waals surface area contributed by atoms with Crippen molar-refractivity contribution in [2.45, 2.75) is 38.1 Å². The highest BCUT2D eigenvalue weighted by molar-refractivity contribution is 7.80. The largest absolute Gasteiger partial charge is 0.295 e. The summed E-state index contributed by atoms with van der Waals surface area (Å²) in [6.07, 6.45) is 5.63. The van der Waals surface area contributed by atoms with E-state index >= 15 is 0 Å². The molecule has 1 aliphatic carbocycles. The number of fused-ring (bicyclic) bond motifs is 1. The highest BCUT2D eigenvalue weighted by Gasteiger charge is 2.38. The average molecular weight is 314 g/mol. The molecule has 1 aromatic carbocycles. The number of carbonyl (C=O) groups excluding carboxylic acids is 1. The Balaban J connectivity index is 1.99. The zero-order valence-corrected chi connectivity index (χ0v) is 12.6. The van der Waals surface area contributed by atoms with Crippen LogP contribution >= 0.6 is 35.4 Å². The predicted octanol–water partition coefficient (Wildman–Crippen LogP) is 4.46. The predicted molar refractivity (Wildman–Crippen MR) is 81.2 cm³/mol. The van der Waals surface area contributed by atoms with E-state index in [0.29, 0.717) is 20.6 Å². The molecular weight excluding hydrogens is 301 g/mol. The third kappa shape index (κ3) is 2.18. The maximum atomic E-state index is 12.5. The van der Waals surface area contributed by atoms with Crippen LogP contribution in [0.5, 0.6) is 0 Å². The van der Waals surface area contributed by atoms with Gasteiger partial charge < -0.3 is 0 Å². The van der Waals surface area contributed by atoms with Crippen molar-refractivity contribution in [3.8, 4) is 0 Å². The lowest BCUT2D eigenvalue weighted by atomic mass is 9.94. The number of hydrogen-bond acceptors (Lipinski definition) is 2. The number of nitrogens with zero attached hydrogens (tertiary/aromatic N) is 1. The second-order valence-electron chi connectivity index (χ2n) is 5.08. The summed E-state index contributed by atoms with van der Waals surface area (Å²) >= 11 is 17.5. The maximum Gasteiger partial charge on any atom is 0.259 e. The number of amides is 1. The number of thiocarbonyl (C=S) groups is 1. The average Bonchev–Trinajstić information content (AvgIpc) is 2.64. The molecule has 0 radical (unpaired) electrons. The third-order valence-corrected chi connectivity index (χ3v) is 5.04. The number of hydrogen-bond donors (Lipinski definition) is 0. The van der Waals surface area contributed by atoms with Gasteiger partial charge in [-0.3, -0.25) is 9.69 Å². The number of halogens is 2. The SMILES string of the molecule is O=C1c2cc(Cl)c(Cl)cc2C(=S)N1C1CCCCC1. The molecule has 0 bridgehead atoms. The van der Waals surface area contributed by atoms with Gasteiger partial charge in [0, 0.05) is 11.6 Å². The molecule has 0 unspecified atom stereocenters. The standard InChI is InChI=1S/C14H13Cl2NOS/c15-11-6-9-10(7-12(11)16)14(19)17(13(9)18)8-4-2-1-3-5-8/h6-8H,1-5H2. The minimum Gasteiger partial charge on any atom is -0.295 e. The van der Waals surface area contributed by atoms with Crippen molar-refractivity contribution in [2.24, 2.45) is 0 Å². The molecule has 0 spiro atoms. The highest BCUT2D eigenvalue weighted by Crippen LogP contribution is 2.35. The van der Waals surface area contributed by atoms with Gasteiger partial charge in [-0.05, 0) is 25.0 Å². The van der Waals surface area contributed by atoms with Crippen molar-refractivity contribution < 1.29 is 4.79 Å². The summed E-state index contributed by atoms with van der Waals surface area (Å²) in [4.78, 5) is 14.9. The lowest BCUT2D eigenvalue weighted by Crippen LogP contribution is -2.40. The van der Waals surface area contributed by atoms with Crippen LogP contribution in [0.4, 0.5) is 0 Å². The van der Waals surface area contributed by atoms with Crippen LogP contribution < -0.4 is 0 Å². The van der Waals surface area contributed by atoms with Gasteiger partial charge >= 0.3 is 0 Å². The van der Waals surface area contributed by atoms with Crippen LogP contribution in [0.3, 0.4) is 0 Å². The molecule has 1 amide bonds. The summed E-state index contributed by atoms with van der Waals surface area (Å²) in [5.74, 6) is -0.0227. The molecule has 100 valence electrons. The zero-order chi connectivity index (χ0) is 13.6. The summed E-state index contributed by atoms with van der Waals surface area (Å²) in [6, 6.07) is 3.58. The van der Waals surface area contributed by atoms with Gasteiger partial charge in [0.05, 0.1) is 15.6 Å². The number of benzene rings is 1. The van der Waals surface area contributed by atoms with E-state index in [0.717, 1.165) is 31.2 Å². The van der Waals surface area contributed by atoms with Crippen molar-refractivity contribution in [3.05, 3.63) is 33.3 Å². The first kappa shape index (κ1) is 13.3. The first-order valence-electron chi connectivity index (χ1n) is 6.46. The van der Waals surface area contributed by atoms with Crippen LogP contribution in [0, 0.1) is 0 Å². The van der Waals surface area contributed by atoms with E-state index in [4.69, 9.17) is 35.4 Å². The van der Waals surface area contributed by atoms with Gasteiger partial charge in [0.15, 0.2) is 0 Å². The fourth-order valence-corrected chi connectivity index (χ4v) is 3.65. The molecule has 5 heteroatoms. The van der Waals surface area contributed by atoms with Crippen molar-refractivity contribution >= 4 is 46.3 Å². The Kier molecular flexibility index (Phi) is 3.54. The molecular formula is C14H13Cl2NOS. The second-order valence-corrected chi connectivity index (χ2v) is 6.29. The number of carbonyl (C=O) groups is 1. The topological polar surface area (TPSA) is 20.3 Å². The van der Waals surface area contributed by atoms with Crippen LogP contribution in [-0.4, -0.2) is 21.8 Å². The molecule has 0 N–H and O–H groups in total. The first-order valence-corrected chi connectivity index (χ1v) is 7.63. The molecule has 1 fully saturated rings. The smallest absolute Gasteiger partial charge is 0.259 e. The minimum atomic E-state index is -0.0227. The molecule has 1 heterocycles. The molecule has 3 rings (SSSR count). The third-order valence-electron chi connectivity index (χ3n) is 3.90. The van der Waals surface area contributed by atoms with Gasteiger partial charge in [-0.2, -0.15) is 0 Å². The molecule has 2 aliphatic rings. The van der Waals surface area contributed by atoms with E-state index in [1.54, 1.807) is 17.0 Å². The summed E-state index contributed by atoms with van der Waals surface area (Å²) in [6.45, 7) is 0. The fraction of sp³-hybridized carbons (Fsp3) is 0.429. The van der Waals surface area contributed by atoms with Crippen molar-refractivity contribution in [3.63, 3.8) is 0 Å². The van der Waals surface area contributed by atoms with Crippen molar-refractivity contribution in [2.75, 3.05) is 0 Å². The van der Waals surface area contributed by atoms with E-state index < -0.39 is 0 Å². The molecule has 0 atom stereocenters. The van der Waals surface area contributed by atoms with Gasteiger partial charge in [0.1, 0.15) is 4.99 Å². The Morgan fingerprint density at radius 2 is 1.63 bits per heavy atom. The summed E-state index contributed by atoms with van der Waals surface area (Å²) in [5.41, 5.74) is 1.34. The molecule has 2 nitrogen and oxygen atoms in total. The fourth-order valence-electron chi connectivity index (χ4n) is 2.92. The van der Waals surface area contributed by atoms with E-state index in [-0.39, 0.29) is 11.9 Å². The lowest BCUT2D eigenvalue weighted by Gasteiger charge is -2.30. The minimum absolute atomic E-state index is 0.0227.